The number of furan rings is 1. The number of aromatic carboxylic acids is 1. The lowest BCUT2D eigenvalue weighted by Crippen LogP contribution is -2.00. The molecule has 0 spiro atoms. The second-order valence-corrected chi connectivity index (χ2v) is 5.98. The number of aryl methyl sites for hydroxylation is 1. The smallest absolute Gasteiger partial charge is 0.356 e. The predicted molar refractivity (Wildman–Crippen MR) is 95.5 cm³/mol. The fourth-order valence-corrected chi connectivity index (χ4v) is 3.18. The monoisotopic (exact) mass is 332 g/mol. The van der Waals surface area contributed by atoms with Gasteiger partial charge in [0.05, 0.1) is 5.69 Å². The molecule has 4 aromatic rings. The molecule has 4 rings (SSSR count). The minimum atomic E-state index is -1.02. The molecule has 2 heterocycles. The minimum Gasteiger partial charge on any atom is -0.476 e. The van der Waals surface area contributed by atoms with Crippen molar-refractivity contribution in [1.29, 1.82) is 0 Å². The molecule has 0 fully saturated rings. The molecule has 0 aliphatic rings. The summed E-state index contributed by atoms with van der Waals surface area (Å²) >= 11 is 0. The molecule has 0 atom stereocenters. The maximum absolute atomic E-state index is 11.3. The maximum Gasteiger partial charge on any atom is 0.356 e. The van der Waals surface area contributed by atoms with Crippen molar-refractivity contribution < 1.29 is 14.3 Å². The number of hydrogen-bond donors (Lipinski definition) is 1. The molecule has 0 saturated heterocycles. The SMILES string of the molecule is Cc1c(C(=O)O)nn(C)c1-c1cccc(-c2cc3ccccc3o2)c1. The van der Waals surface area contributed by atoms with Crippen molar-refractivity contribution in [2.24, 2.45) is 7.05 Å². The van der Waals surface area contributed by atoms with Gasteiger partial charge in [0.1, 0.15) is 11.3 Å². The Bertz CT molecular complexity index is 1070. The van der Waals surface area contributed by atoms with E-state index in [-0.39, 0.29) is 5.69 Å². The Hall–Kier alpha value is -3.34. The molecule has 2 aromatic carbocycles. The fourth-order valence-electron chi connectivity index (χ4n) is 3.18. The van der Waals surface area contributed by atoms with Crippen LogP contribution in [-0.2, 0) is 7.05 Å². The molecule has 0 unspecified atom stereocenters. The maximum atomic E-state index is 11.3. The van der Waals surface area contributed by atoms with E-state index in [2.05, 4.69) is 5.10 Å². The molecule has 2 aromatic heterocycles. The second-order valence-electron chi connectivity index (χ2n) is 5.98. The van der Waals surface area contributed by atoms with Gasteiger partial charge >= 0.3 is 5.97 Å². The summed E-state index contributed by atoms with van der Waals surface area (Å²) in [6, 6.07) is 17.7. The van der Waals surface area contributed by atoms with Crippen LogP contribution in [0.5, 0.6) is 0 Å². The van der Waals surface area contributed by atoms with E-state index in [0.29, 0.717) is 5.56 Å². The number of benzene rings is 2. The number of carboxylic acids is 1. The summed E-state index contributed by atoms with van der Waals surface area (Å²) in [7, 11) is 1.75. The molecule has 0 aliphatic carbocycles. The van der Waals surface area contributed by atoms with E-state index in [0.717, 1.165) is 33.6 Å². The summed E-state index contributed by atoms with van der Waals surface area (Å²) in [4.78, 5) is 11.3. The first-order valence-corrected chi connectivity index (χ1v) is 7.91. The highest BCUT2D eigenvalue weighted by Crippen LogP contribution is 2.32. The number of para-hydroxylation sites is 1. The first kappa shape index (κ1) is 15.2. The lowest BCUT2D eigenvalue weighted by molar-refractivity contribution is 0.0689. The highest BCUT2D eigenvalue weighted by Gasteiger charge is 2.19. The Labute approximate surface area is 144 Å². The number of nitrogens with zero attached hydrogens (tertiary/aromatic N) is 2. The van der Waals surface area contributed by atoms with Gasteiger partial charge < -0.3 is 9.52 Å². The molecule has 0 saturated carbocycles. The molecule has 0 bridgehead atoms. The summed E-state index contributed by atoms with van der Waals surface area (Å²) in [6.45, 7) is 1.78. The van der Waals surface area contributed by atoms with Crippen molar-refractivity contribution >= 4 is 16.9 Å². The largest absolute Gasteiger partial charge is 0.476 e. The zero-order valence-electron chi connectivity index (χ0n) is 13.9. The van der Waals surface area contributed by atoms with E-state index in [1.54, 1.807) is 18.7 Å². The fraction of sp³-hybridized carbons (Fsp3) is 0.100. The van der Waals surface area contributed by atoms with E-state index in [9.17, 15) is 9.90 Å². The number of fused-ring (bicyclic) bond motifs is 1. The van der Waals surface area contributed by atoms with E-state index in [4.69, 9.17) is 4.42 Å². The van der Waals surface area contributed by atoms with Crippen LogP contribution in [0.15, 0.2) is 59.0 Å². The molecule has 5 nitrogen and oxygen atoms in total. The number of carboxylic acid groups (broad SMARTS) is 1. The van der Waals surface area contributed by atoms with Crippen molar-refractivity contribution in [3.63, 3.8) is 0 Å². The Kier molecular flexibility index (Phi) is 3.42. The molecular weight excluding hydrogens is 316 g/mol. The average Bonchev–Trinajstić information content (AvgIpc) is 3.16. The van der Waals surface area contributed by atoms with Crippen molar-refractivity contribution in [2.45, 2.75) is 6.92 Å². The van der Waals surface area contributed by atoms with Crippen molar-refractivity contribution in [2.75, 3.05) is 0 Å². The Balaban J connectivity index is 1.84. The van der Waals surface area contributed by atoms with E-state index in [1.165, 1.54) is 0 Å². The van der Waals surface area contributed by atoms with Gasteiger partial charge in [0.2, 0.25) is 0 Å². The quantitative estimate of drug-likeness (QED) is 0.599. The van der Waals surface area contributed by atoms with Crippen LogP contribution in [0.4, 0.5) is 0 Å². The lowest BCUT2D eigenvalue weighted by atomic mass is 10.0. The first-order chi connectivity index (χ1) is 12.0. The van der Waals surface area contributed by atoms with Crippen molar-refractivity contribution in [1.82, 2.24) is 9.78 Å². The zero-order chi connectivity index (χ0) is 17.6. The standard InChI is InChI=1S/C20H16N2O3/c1-12-18(20(23)24)21-22(2)19(12)15-8-5-7-13(10-15)17-11-14-6-3-4-9-16(14)25-17/h3-11H,1-2H3,(H,23,24). The summed E-state index contributed by atoms with van der Waals surface area (Å²) < 4.78 is 7.54. The van der Waals surface area contributed by atoms with Gasteiger partial charge in [-0.05, 0) is 25.1 Å². The Morgan fingerprint density at radius 2 is 1.84 bits per heavy atom. The topological polar surface area (TPSA) is 68.3 Å². The average molecular weight is 332 g/mol. The summed E-state index contributed by atoms with van der Waals surface area (Å²) in [5, 5.41) is 14.4. The van der Waals surface area contributed by atoms with Crippen LogP contribution in [0, 0.1) is 6.92 Å². The zero-order valence-corrected chi connectivity index (χ0v) is 13.9. The third-order valence-electron chi connectivity index (χ3n) is 4.33. The van der Waals surface area contributed by atoms with Crippen LogP contribution in [0.1, 0.15) is 16.1 Å². The molecule has 0 aliphatic heterocycles. The van der Waals surface area contributed by atoms with Crippen molar-refractivity contribution in [3.8, 4) is 22.6 Å². The van der Waals surface area contributed by atoms with Crippen LogP contribution in [0.25, 0.3) is 33.6 Å². The molecule has 5 heteroatoms. The normalized spacial score (nSPS) is 11.1. The van der Waals surface area contributed by atoms with Crippen LogP contribution in [0.2, 0.25) is 0 Å². The van der Waals surface area contributed by atoms with Crippen molar-refractivity contribution in [3.05, 3.63) is 65.9 Å². The molecule has 0 radical (unpaired) electrons. The highest BCUT2D eigenvalue weighted by molar-refractivity contribution is 5.90. The van der Waals surface area contributed by atoms with Crippen LogP contribution in [0.3, 0.4) is 0 Å². The second kappa shape index (κ2) is 5.63. The highest BCUT2D eigenvalue weighted by atomic mass is 16.4. The Morgan fingerprint density at radius 3 is 2.56 bits per heavy atom. The molecule has 124 valence electrons. The lowest BCUT2D eigenvalue weighted by Gasteiger charge is -2.06. The number of rotatable bonds is 3. The van der Waals surface area contributed by atoms with E-state index >= 15 is 0 Å². The summed E-state index contributed by atoms with van der Waals surface area (Å²) in [6.07, 6.45) is 0. The molecular formula is C20H16N2O3. The van der Waals surface area contributed by atoms with Gasteiger partial charge in [0.15, 0.2) is 5.69 Å². The van der Waals surface area contributed by atoms with Crippen LogP contribution >= 0.6 is 0 Å². The van der Waals surface area contributed by atoms with Gasteiger partial charge in [-0.25, -0.2) is 4.79 Å². The molecule has 0 amide bonds. The van der Waals surface area contributed by atoms with E-state index < -0.39 is 5.97 Å². The Morgan fingerprint density at radius 1 is 1.08 bits per heavy atom. The van der Waals surface area contributed by atoms with Gasteiger partial charge in [-0.3, -0.25) is 4.68 Å². The molecule has 25 heavy (non-hydrogen) atoms. The van der Waals surface area contributed by atoms with Crippen LogP contribution < -0.4 is 0 Å². The van der Waals surface area contributed by atoms with Gasteiger partial charge in [-0.2, -0.15) is 5.10 Å². The van der Waals surface area contributed by atoms with Gasteiger partial charge in [-0.15, -0.1) is 0 Å². The minimum absolute atomic E-state index is 0.0756. The van der Waals surface area contributed by atoms with Gasteiger partial charge in [-0.1, -0.05) is 36.4 Å². The van der Waals surface area contributed by atoms with Crippen LogP contribution in [-0.4, -0.2) is 20.9 Å². The molecule has 1 N–H and O–H groups in total. The first-order valence-electron chi connectivity index (χ1n) is 7.91. The summed E-state index contributed by atoms with van der Waals surface area (Å²) in [5.41, 5.74) is 4.19. The number of carbonyl (C=O) groups is 1. The number of aromatic nitrogens is 2. The van der Waals surface area contributed by atoms with Gasteiger partial charge in [0.25, 0.3) is 0 Å². The van der Waals surface area contributed by atoms with Gasteiger partial charge in [0, 0.05) is 29.1 Å². The predicted octanol–water partition coefficient (Wildman–Crippen LogP) is 4.51. The number of hydrogen-bond acceptors (Lipinski definition) is 3. The van der Waals surface area contributed by atoms with E-state index in [1.807, 2.05) is 54.6 Å². The third-order valence-corrected chi connectivity index (χ3v) is 4.33. The third kappa shape index (κ3) is 2.50. The summed E-state index contributed by atoms with van der Waals surface area (Å²) in [5.74, 6) is -0.242.